The smallest absolute Gasteiger partial charge is 0.335 e. The summed E-state index contributed by atoms with van der Waals surface area (Å²) in [7, 11) is -2.28. The van der Waals surface area contributed by atoms with E-state index in [1.165, 1.54) is 12.1 Å². The van der Waals surface area contributed by atoms with Gasteiger partial charge < -0.3 is 15.2 Å². The van der Waals surface area contributed by atoms with Crippen LogP contribution in [0.1, 0.15) is 41.6 Å². The molecule has 0 aromatic heterocycles. The summed E-state index contributed by atoms with van der Waals surface area (Å²) in [6.07, 6.45) is 4.67. The SMILES string of the molecule is COc1ccc(CCNS(=O)(=O)c2cc(C(=O)O)ccc2NC2CCCC2)cc1. The van der Waals surface area contributed by atoms with Crippen molar-refractivity contribution >= 4 is 21.7 Å². The van der Waals surface area contributed by atoms with E-state index in [2.05, 4.69) is 10.0 Å². The summed E-state index contributed by atoms with van der Waals surface area (Å²) < 4.78 is 33.6. The van der Waals surface area contributed by atoms with Crippen molar-refractivity contribution in [2.45, 2.75) is 43.0 Å². The molecule has 0 heterocycles. The first-order valence-corrected chi connectivity index (χ1v) is 11.1. The molecule has 3 rings (SSSR count). The van der Waals surface area contributed by atoms with Crippen molar-refractivity contribution < 1.29 is 23.1 Å². The van der Waals surface area contributed by atoms with Crippen molar-refractivity contribution in [3.63, 3.8) is 0 Å². The highest BCUT2D eigenvalue weighted by molar-refractivity contribution is 7.89. The van der Waals surface area contributed by atoms with E-state index in [1.54, 1.807) is 13.2 Å². The molecule has 0 aliphatic heterocycles. The van der Waals surface area contributed by atoms with E-state index in [9.17, 15) is 18.3 Å². The fourth-order valence-electron chi connectivity index (χ4n) is 3.49. The summed E-state index contributed by atoms with van der Waals surface area (Å²) in [6, 6.07) is 11.8. The maximum atomic E-state index is 12.9. The van der Waals surface area contributed by atoms with Crippen LogP contribution in [0.2, 0.25) is 0 Å². The number of benzene rings is 2. The average Bonchev–Trinajstić information content (AvgIpc) is 3.21. The van der Waals surface area contributed by atoms with Gasteiger partial charge >= 0.3 is 5.97 Å². The van der Waals surface area contributed by atoms with E-state index < -0.39 is 16.0 Å². The van der Waals surface area contributed by atoms with E-state index in [4.69, 9.17) is 4.74 Å². The molecule has 2 aromatic rings. The normalized spacial score (nSPS) is 14.7. The number of ether oxygens (including phenoxy) is 1. The Bertz CT molecular complexity index is 952. The van der Waals surface area contributed by atoms with Gasteiger partial charge in [-0.2, -0.15) is 0 Å². The van der Waals surface area contributed by atoms with Crippen LogP contribution in [0.5, 0.6) is 5.75 Å². The quantitative estimate of drug-likeness (QED) is 0.577. The number of aromatic carboxylic acids is 1. The van der Waals surface area contributed by atoms with Crippen LogP contribution in [0, 0.1) is 0 Å². The van der Waals surface area contributed by atoms with Gasteiger partial charge in [0, 0.05) is 12.6 Å². The lowest BCUT2D eigenvalue weighted by molar-refractivity contribution is 0.0696. The summed E-state index contributed by atoms with van der Waals surface area (Å²) >= 11 is 0. The predicted octanol–water partition coefficient (Wildman–Crippen LogP) is 3.27. The number of hydrogen-bond acceptors (Lipinski definition) is 5. The summed E-state index contributed by atoms with van der Waals surface area (Å²) in [6.45, 7) is 0.203. The van der Waals surface area contributed by atoms with Crippen molar-refractivity contribution in [2.24, 2.45) is 0 Å². The number of sulfonamides is 1. The molecule has 0 bridgehead atoms. The summed E-state index contributed by atoms with van der Waals surface area (Å²) in [5.41, 5.74) is 1.36. The number of carboxylic acids is 1. The first-order valence-electron chi connectivity index (χ1n) is 9.65. The molecule has 0 amide bonds. The zero-order chi connectivity index (χ0) is 20.9. The van der Waals surface area contributed by atoms with E-state index in [0.717, 1.165) is 37.0 Å². The number of rotatable bonds is 9. The van der Waals surface area contributed by atoms with Crippen molar-refractivity contribution in [1.29, 1.82) is 0 Å². The second-order valence-electron chi connectivity index (χ2n) is 7.14. The number of carbonyl (C=O) groups is 1. The molecule has 1 aliphatic rings. The molecule has 8 heteroatoms. The first-order chi connectivity index (χ1) is 13.9. The Kier molecular flexibility index (Phi) is 6.76. The Morgan fingerprint density at radius 2 is 1.83 bits per heavy atom. The van der Waals surface area contributed by atoms with Crippen molar-refractivity contribution in [3.8, 4) is 5.75 Å². The monoisotopic (exact) mass is 418 g/mol. The first kappa shape index (κ1) is 21.1. The highest BCUT2D eigenvalue weighted by Gasteiger charge is 2.23. The Labute approximate surface area is 171 Å². The van der Waals surface area contributed by atoms with Crippen LogP contribution in [0.4, 0.5) is 5.69 Å². The molecule has 1 saturated carbocycles. The Balaban J connectivity index is 1.75. The number of anilines is 1. The third kappa shape index (κ3) is 5.48. The molecule has 7 nitrogen and oxygen atoms in total. The van der Waals surface area contributed by atoms with Crippen LogP contribution in [0.25, 0.3) is 0 Å². The molecular formula is C21H26N2O5S. The summed E-state index contributed by atoms with van der Waals surface area (Å²) in [4.78, 5) is 11.3. The van der Waals surface area contributed by atoms with Gasteiger partial charge in [-0.05, 0) is 55.2 Å². The Morgan fingerprint density at radius 1 is 1.14 bits per heavy atom. The molecule has 1 aliphatic carbocycles. The molecule has 0 radical (unpaired) electrons. The third-order valence-electron chi connectivity index (χ3n) is 5.10. The van der Waals surface area contributed by atoms with Crippen molar-refractivity contribution in [1.82, 2.24) is 4.72 Å². The summed E-state index contributed by atoms with van der Waals surface area (Å²) in [5.74, 6) is -0.422. The predicted molar refractivity (Wildman–Crippen MR) is 111 cm³/mol. The Hall–Kier alpha value is -2.58. The largest absolute Gasteiger partial charge is 0.497 e. The number of carboxylic acid groups (broad SMARTS) is 1. The average molecular weight is 419 g/mol. The molecule has 0 atom stereocenters. The van der Waals surface area contributed by atoms with Gasteiger partial charge in [0.05, 0.1) is 18.4 Å². The van der Waals surface area contributed by atoms with E-state index in [0.29, 0.717) is 12.1 Å². The maximum absolute atomic E-state index is 12.9. The minimum Gasteiger partial charge on any atom is -0.497 e. The molecule has 1 fully saturated rings. The number of nitrogens with one attached hydrogen (secondary N) is 2. The van der Waals surface area contributed by atoms with E-state index in [-0.39, 0.29) is 23.0 Å². The molecule has 0 unspecified atom stereocenters. The summed E-state index contributed by atoms with van der Waals surface area (Å²) in [5, 5.41) is 12.5. The maximum Gasteiger partial charge on any atom is 0.335 e. The molecule has 156 valence electrons. The lowest BCUT2D eigenvalue weighted by Crippen LogP contribution is -2.28. The van der Waals surface area contributed by atoms with Crippen LogP contribution in [0.3, 0.4) is 0 Å². The second-order valence-corrected chi connectivity index (χ2v) is 8.87. The molecule has 3 N–H and O–H groups in total. The third-order valence-corrected chi connectivity index (χ3v) is 6.60. The minimum atomic E-state index is -3.87. The van der Waals surface area contributed by atoms with Crippen LogP contribution >= 0.6 is 0 Å². The van der Waals surface area contributed by atoms with Gasteiger partial charge in [-0.3, -0.25) is 0 Å². The molecule has 0 spiro atoms. The molecule has 2 aromatic carbocycles. The van der Waals surface area contributed by atoms with Crippen molar-refractivity contribution in [3.05, 3.63) is 53.6 Å². The van der Waals surface area contributed by atoms with Gasteiger partial charge in [0.2, 0.25) is 10.0 Å². The second kappa shape index (κ2) is 9.28. The fraction of sp³-hybridized carbons (Fsp3) is 0.381. The van der Waals surface area contributed by atoms with Gasteiger partial charge in [0.1, 0.15) is 10.6 Å². The highest BCUT2D eigenvalue weighted by atomic mass is 32.2. The van der Waals surface area contributed by atoms with Gasteiger partial charge in [-0.15, -0.1) is 0 Å². The molecular weight excluding hydrogens is 392 g/mol. The van der Waals surface area contributed by atoms with Gasteiger partial charge in [-0.1, -0.05) is 25.0 Å². The zero-order valence-electron chi connectivity index (χ0n) is 16.3. The van der Waals surface area contributed by atoms with Crippen LogP contribution in [0.15, 0.2) is 47.4 Å². The standard InChI is InChI=1S/C21H26N2O5S/c1-28-18-9-6-15(7-10-18)12-13-22-29(26,27)20-14-16(21(24)25)8-11-19(20)23-17-4-2-3-5-17/h6-11,14,17,22-23H,2-5,12-13H2,1H3,(H,24,25). The highest BCUT2D eigenvalue weighted by Crippen LogP contribution is 2.28. The van der Waals surface area contributed by atoms with Gasteiger partial charge in [-0.25, -0.2) is 17.9 Å². The topological polar surface area (TPSA) is 105 Å². The lowest BCUT2D eigenvalue weighted by atomic mass is 10.1. The van der Waals surface area contributed by atoms with Crippen LogP contribution < -0.4 is 14.8 Å². The minimum absolute atomic E-state index is 0.0287. The molecule has 0 saturated heterocycles. The number of hydrogen-bond donors (Lipinski definition) is 3. The Morgan fingerprint density at radius 3 is 2.45 bits per heavy atom. The van der Waals surface area contributed by atoms with E-state index >= 15 is 0 Å². The van der Waals surface area contributed by atoms with Gasteiger partial charge in [0.25, 0.3) is 0 Å². The molecule has 29 heavy (non-hydrogen) atoms. The fourth-order valence-corrected chi connectivity index (χ4v) is 4.71. The van der Waals surface area contributed by atoms with Crippen molar-refractivity contribution in [2.75, 3.05) is 19.0 Å². The van der Waals surface area contributed by atoms with Crippen LogP contribution in [-0.4, -0.2) is 39.2 Å². The van der Waals surface area contributed by atoms with Gasteiger partial charge in [0.15, 0.2) is 0 Å². The van der Waals surface area contributed by atoms with E-state index in [1.807, 2.05) is 24.3 Å². The zero-order valence-corrected chi connectivity index (χ0v) is 17.2. The van der Waals surface area contributed by atoms with Crippen LogP contribution in [-0.2, 0) is 16.4 Å². The number of methoxy groups -OCH3 is 1. The lowest BCUT2D eigenvalue weighted by Gasteiger charge is -2.18.